The molecule has 9 nitrogen and oxygen atoms in total. The molecule has 0 aliphatic rings. The van der Waals surface area contributed by atoms with Crippen molar-refractivity contribution < 1.29 is 18.0 Å². The Morgan fingerprint density at radius 2 is 1.75 bits per heavy atom. The third kappa shape index (κ3) is 6.02. The first-order chi connectivity index (χ1) is 19.2. The molecule has 13 heteroatoms. The lowest BCUT2D eigenvalue weighted by Crippen LogP contribution is -2.14. The van der Waals surface area contributed by atoms with Crippen LogP contribution in [0.1, 0.15) is 21.5 Å². The topological polar surface area (TPSA) is 110 Å². The maximum atomic E-state index is 13.2. The Labute approximate surface area is 231 Å². The molecular formula is C27H20ClF3N8O. The number of anilines is 5. The highest BCUT2D eigenvalue weighted by Crippen LogP contribution is 2.35. The molecule has 0 bridgehead atoms. The number of hydrogen-bond donors (Lipinski definition) is 3. The number of nitrogens with one attached hydrogen (secondary N) is 3. The summed E-state index contributed by atoms with van der Waals surface area (Å²) in [5.41, 5.74) is 0.546. The number of carbonyl (C=O) groups is 1. The second-order valence-corrected chi connectivity index (χ2v) is 8.93. The Bertz CT molecular complexity index is 1670. The van der Waals surface area contributed by atoms with Crippen LogP contribution in [0.25, 0.3) is 5.82 Å². The zero-order chi connectivity index (χ0) is 28.3. The standard InChI is InChI=1S/C27H20ClF3N8O/c1-16-5-7-18(36-25(40)17-6-8-20(28)19(12-17)27(29,30)31)13-21(16)37-26-33-10-11-39(26)24-14-23(34-15-35-24)38-22-4-2-3-9-32-22/h2-15H,1H3,(H,33,37)(H,36,40)(H,32,34,35,38). The monoisotopic (exact) mass is 564 g/mol. The van der Waals surface area contributed by atoms with Crippen LogP contribution in [-0.2, 0) is 6.18 Å². The zero-order valence-electron chi connectivity index (χ0n) is 20.7. The number of carbonyl (C=O) groups excluding carboxylic acids is 1. The smallest absolute Gasteiger partial charge is 0.325 e. The molecule has 2 aromatic carbocycles. The molecule has 0 aliphatic heterocycles. The fourth-order valence-electron chi connectivity index (χ4n) is 3.74. The lowest BCUT2D eigenvalue weighted by molar-refractivity contribution is -0.137. The number of amides is 1. The van der Waals surface area contributed by atoms with E-state index >= 15 is 0 Å². The summed E-state index contributed by atoms with van der Waals surface area (Å²) in [6.45, 7) is 1.86. The van der Waals surface area contributed by atoms with E-state index in [0.29, 0.717) is 34.8 Å². The number of pyridine rings is 1. The van der Waals surface area contributed by atoms with Gasteiger partial charge in [0.2, 0.25) is 5.95 Å². The predicted molar refractivity (Wildman–Crippen MR) is 146 cm³/mol. The summed E-state index contributed by atoms with van der Waals surface area (Å²) < 4.78 is 41.4. The molecule has 3 aromatic heterocycles. The minimum atomic E-state index is -4.69. The molecule has 3 heterocycles. The van der Waals surface area contributed by atoms with Gasteiger partial charge in [0.15, 0.2) is 0 Å². The van der Waals surface area contributed by atoms with Gasteiger partial charge in [-0.3, -0.25) is 9.36 Å². The summed E-state index contributed by atoms with van der Waals surface area (Å²) in [4.78, 5) is 29.9. The lowest BCUT2D eigenvalue weighted by atomic mass is 10.1. The Morgan fingerprint density at radius 1 is 0.900 bits per heavy atom. The average Bonchev–Trinajstić information content (AvgIpc) is 3.39. The van der Waals surface area contributed by atoms with Crippen LogP contribution in [-0.4, -0.2) is 30.4 Å². The number of benzene rings is 2. The van der Waals surface area contributed by atoms with Gasteiger partial charge in [-0.25, -0.2) is 19.9 Å². The van der Waals surface area contributed by atoms with Crippen molar-refractivity contribution in [3.05, 3.63) is 107 Å². The average molecular weight is 565 g/mol. The summed E-state index contributed by atoms with van der Waals surface area (Å²) in [6.07, 6.45) is 1.70. The van der Waals surface area contributed by atoms with Crippen molar-refractivity contribution >= 4 is 46.5 Å². The largest absolute Gasteiger partial charge is 0.417 e. The van der Waals surface area contributed by atoms with E-state index in [1.165, 1.54) is 12.4 Å². The molecule has 0 radical (unpaired) electrons. The molecule has 1 amide bonds. The van der Waals surface area contributed by atoms with Gasteiger partial charge in [-0.15, -0.1) is 0 Å². The Balaban J connectivity index is 1.35. The summed E-state index contributed by atoms with van der Waals surface area (Å²) >= 11 is 5.67. The van der Waals surface area contributed by atoms with Gasteiger partial charge in [0.25, 0.3) is 5.91 Å². The van der Waals surface area contributed by atoms with E-state index < -0.39 is 22.7 Å². The molecule has 3 N–H and O–H groups in total. The van der Waals surface area contributed by atoms with Crippen LogP contribution in [0.5, 0.6) is 0 Å². The molecule has 0 saturated heterocycles. The van der Waals surface area contributed by atoms with Crippen molar-refractivity contribution in [1.29, 1.82) is 0 Å². The van der Waals surface area contributed by atoms with Crippen LogP contribution in [0.2, 0.25) is 5.02 Å². The van der Waals surface area contributed by atoms with Crippen molar-refractivity contribution in [2.75, 3.05) is 16.0 Å². The van der Waals surface area contributed by atoms with Crippen molar-refractivity contribution in [2.24, 2.45) is 0 Å². The highest BCUT2D eigenvalue weighted by Gasteiger charge is 2.33. The second kappa shape index (κ2) is 11.0. The van der Waals surface area contributed by atoms with Gasteiger partial charge in [0.1, 0.15) is 23.8 Å². The summed E-state index contributed by atoms with van der Waals surface area (Å²) in [7, 11) is 0. The Kier molecular flexibility index (Phi) is 7.34. The van der Waals surface area contributed by atoms with Gasteiger partial charge in [-0.05, 0) is 55.0 Å². The maximum absolute atomic E-state index is 13.2. The van der Waals surface area contributed by atoms with Gasteiger partial charge in [-0.1, -0.05) is 23.7 Å². The van der Waals surface area contributed by atoms with Crippen molar-refractivity contribution in [3.63, 3.8) is 0 Å². The maximum Gasteiger partial charge on any atom is 0.417 e. The quantitative estimate of drug-likeness (QED) is 0.200. The minimum absolute atomic E-state index is 0.179. The third-order valence-corrected chi connectivity index (χ3v) is 6.07. The third-order valence-electron chi connectivity index (χ3n) is 5.74. The molecule has 202 valence electrons. The molecule has 5 aromatic rings. The molecule has 0 fully saturated rings. The number of nitrogens with zero attached hydrogens (tertiary/aromatic N) is 5. The molecule has 0 spiro atoms. The summed E-state index contributed by atoms with van der Waals surface area (Å²) in [5.74, 6) is 1.40. The Hall–Kier alpha value is -4.97. The highest BCUT2D eigenvalue weighted by molar-refractivity contribution is 6.31. The van der Waals surface area contributed by atoms with E-state index in [-0.39, 0.29) is 5.56 Å². The van der Waals surface area contributed by atoms with E-state index in [1.54, 1.807) is 47.4 Å². The van der Waals surface area contributed by atoms with Crippen LogP contribution in [0.4, 0.5) is 42.1 Å². The van der Waals surface area contributed by atoms with E-state index in [9.17, 15) is 18.0 Å². The number of aryl methyl sites for hydroxylation is 1. The second-order valence-electron chi connectivity index (χ2n) is 8.52. The number of aromatic nitrogens is 5. The van der Waals surface area contributed by atoms with E-state index in [0.717, 1.165) is 17.7 Å². The van der Waals surface area contributed by atoms with Gasteiger partial charge in [0.05, 0.1) is 10.6 Å². The molecular weight excluding hydrogens is 545 g/mol. The van der Waals surface area contributed by atoms with E-state index in [1.807, 2.05) is 25.1 Å². The fraction of sp³-hybridized carbons (Fsp3) is 0.0741. The van der Waals surface area contributed by atoms with Crippen LogP contribution < -0.4 is 16.0 Å². The first kappa shape index (κ1) is 26.6. The fourth-order valence-corrected chi connectivity index (χ4v) is 3.96. The van der Waals surface area contributed by atoms with Crippen LogP contribution >= 0.6 is 11.6 Å². The van der Waals surface area contributed by atoms with Crippen LogP contribution in [0.15, 0.2) is 85.6 Å². The van der Waals surface area contributed by atoms with Gasteiger partial charge in [0, 0.05) is 41.6 Å². The molecule has 40 heavy (non-hydrogen) atoms. The predicted octanol–water partition coefficient (Wildman–Crippen LogP) is 6.78. The van der Waals surface area contributed by atoms with Gasteiger partial charge >= 0.3 is 6.18 Å². The number of halogens is 4. The normalized spacial score (nSPS) is 11.2. The van der Waals surface area contributed by atoms with Gasteiger partial charge < -0.3 is 16.0 Å². The van der Waals surface area contributed by atoms with E-state index in [4.69, 9.17) is 11.6 Å². The summed E-state index contributed by atoms with van der Waals surface area (Å²) in [6, 6.07) is 15.3. The molecule has 0 atom stereocenters. The number of hydrogen-bond acceptors (Lipinski definition) is 7. The number of alkyl halides is 3. The zero-order valence-corrected chi connectivity index (χ0v) is 21.5. The Morgan fingerprint density at radius 3 is 2.52 bits per heavy atom. The number of imidazole rings is 1. The van der Waals surface area contributed by atoms with Crippen LogP contribution in [0.3, 0.4) is 0 Å². The molecule has 0 unspecified atom stereocenters. The van der Waals surface area contributed by atoms with E-state index in [2.05, 4.69) is 35.9 Å². The molecule has 5 rings (SSSR count). The SMILES string of the molecule is Cc1ccc(NC(=O)c2ccc(Cl)c(C(F)(F)F)c2)cc1Nc1nccn1-c1cc(Nc2ccccn2)ncn1. The minimum Gasteiger partial charge on any atom is -0.325 e. The molecule has 0 saturated carbocycles. The highest BCUT2D eigenvalue weighted by atomic mass is 35.5. The van der Waals surface area contributed by atoms with Gasteiger partial charge in [-0.2, -0.15) is 13.2 Å². The first-order valence-electron chi connectivity index (χ1n) is 11.8. The number of rotatable bonds is 7. The first-order valence-corrected chi connectivity index (χ1v) is 12.1. The molecule has 0 aliphatic carbocycles. The van der Waals surface area contributed by atoms with Crippen LogP contribution in [0, 0.1) is 6.92 Å². The van der Waals surface area contributed by atoms with Crippen molar-refractivity contribution in [3.8, 4) is 5.82 Å². The lowest BCUT2D eigenvalue weighted by Gasteiger charge is -2.14. The summed E-state index contributed by atoms with van der Waals surface area (Å²) in [5, 5.41) is 8.48. The van der Waals surface area contributed by atoms with Crippen molar-refractivity contribution in [1.82, 2.24) is 24.5 Å². The van der Waals surface area contributed by atoms with Crippen molar-refractivity contribution in [2.45, 2.75) is 13.1 Å².